The Morgan fingerprint density at radius 2 is 2.12 bits per heavy atom. The molecule has 0 bridgehead atoms. The van der Waals surface area contributed by atoms with E-state index in [0.29, 0.717) is 34.2 Å². The highest BCUT2D eigenvalue weighted by Crippen LogP contribution is 2.35. The van der Waals surface area contributed by atoms with E-state index in [1.54, 1.807) is 16.7 Å². The number of nitrogens with zero attached hydrogens (tertiary/aromatic N) is 4. The first-order valence-corrected chi connectivity index (χ1v) is 11.0. The first-order chi connectivity index (χ1) is 15.7. The lowest BCUT2D eigenvalue weighted by atomic mass is 10.0. The Labute approximate surface area is 191 Å². The lowest BCUT2D eigenvalue weighted by molar-refractivity contribution is -0.00177. The number of amides is 1. The van der Waals surface area contributed by atoms with Gasteiger partial charge < -0.3 is 15.7 Å². The molecule has 33 heavy (non-hydrogen) atoms. The largest absolute Gasteiger partial charge is 0.387 e. The highest BCUT2D eigenvalue weighted by Gasteiger charge is 2.30. The number of halogens is 1. The summed E-state index contributed by atoms with van der Waals surface area (Å²) in [5.41, 5.74) is 0.449. The first-order valence-electron chi connectivity index (χ1n) is 11.0. The summed E-state index contributed by atoms with van der Waals surface area (Å²) in [7, 11) is 0. The van der Waals surface area contributed by atoms with E-state index in [-0.39, 0.29) is 12.6 Å². The molecule has 0 unspecified atom stereocenters. The molecule has 0 radical (unpaired) electrons. The molecule has 3 N–H and O–H groups in total. The van der Waals surface area contributed by atoms with Crippen LogP contribution < -0.4 is 10.6 Å². The van der Waals surface area contributed by atoms with Crippen LogP contribution in [0, 0.1) is 17.2 Å². The van der Waals surface area contributed by atoms with Crippen LogP contribution in [0.1, 0.15) is 49.5 Å². The number of fused-ring (bicyclic) bond motifs is 1. The summed E-state index contributed by atoms with van der Waals surface area (Å²) >= 11 is 0. The van der Waals surface area contributed by atoms with E-state index < -0.39 is 17.7 Å². The molecule has 1 aliphatic carbocycles. The number of aromatic nitrogens is 3. The van der Waals surface area contributed by atoms with E-state index in [1.165, 1.54) is 26.2 Å². The van der Waals surface area contributed by atoms with Crippen LogP contribution in [0.25, 0.3) is 16.9 Å². The number of rotatable bonds is 8. The molecule has 1 aliphatic rings. The second-order valence-corrected chi connectivity index (χ2v) is 9.12. The van der Waals surface area contributed by atoms with Crippen molar-refractivity contribution in [2.45, 2.75) is 51.4 Å². The third-order valence-corrected chi connectivity index (χ3v) is 5.96. The van der Waals surface area contributed by atoms with Gasteiger partial charge in [0.25, 0.3) is 5.91 Å². The van der Waals surface area contributed by atoms with Crippen molar-refractivity contribution in [3.05, 3.63) is 47.9 Å². The lowest BCUT2D eigenvalue weighted by Crippen LogP contribution is -2.42. The van der Waals surface area contributed by atoms with Gasteiger partial charge in [-0.15, -0.1) is 0 Å². The van der Waals surface area contributed by atoms with Crippen molar-refractivity contribution in [1.29, 1.82) is 5.26 Å². The van der Waals surface area contributed by atoms with E-state index in [0.717, 1.165) is 18.2 Å². The molecule has 0 saturated heterocycles. The van der Waals surface area contributed by atoms with Gasteiger partial charge in [0, 0.05) is 36.1 Å². The number of nitriles is 1. The quantitative estimate of drug-likeness (QED) is 0.485. The normalized spacial score (nSPS) is 15.6. The van der Waals surface area contributed by atoms with Crippen LogP contribution >= 0.6 is 0 Å². The van der Waals surface area contributed by atoms with Crippen LogP contribution in [0.15, 0.2) is 36.8 Å². The minimum atomic E-state index is -1.61. The van der Waals surface area contributed by atoms with Crippen molar-refractivity contribution in [2.24, 2.45) is 5.92 Å². The smallest absolute Gasteiger partial charge is 0.255 e. The zero-order valence-electron chi connectivity index (χ0n) is 18.8. The Morgan fingerprint density at radius 3 is 2.79 bits per heavy atom. The van der Waals surface area contributed by atoms with Gasteiger partial charge >= 0.3 is 0 Å². The number of carbonyl (C=O) groups excluding carboxylic acids is 1. The number of anilines is 1. The second kappa shape index (κ2) is 8.79. The molecule has 9 heteroatoms. The van der Waals surface area contributed by atoms with E-state index in [4.69, 9.17) is 5.26 Å². The third-order valence-electron chi connectivity index (χ3n) is 5.96. The fourth-order valence-electron chi connectivity index (χ4n) is 3.63. The molecule has 2 atom stereocenters. The molecule has 3 aromatic rings. The van der Waals surface area contributed by atoms with E-state index in [2.05, 4.69) is 33.6 Å². The topological polar surface area (TPSA) is 116 Å². The molecule has 1 saturated carbocycles. The van der Waals surface area contributed by atoms with Gasteiger partial charge in [0.2, 0.25) is 0 Å². The molecule has 3 heterocycles. The van der Waals surface area contributed by atoms with Gasteiger partial charge in [-0.05, 0) is 51.7 Å². The van der Waals surface area contributed by atoms with Gasteiger partial charge in [0.05, 0.1) is 29.0 Å². The molecular weight excluding hydrogens is 423 g/mol. The predicted molar refractivity (Wildman–Crippen MR) is 123 cm³/mol. The predicted octanol–water partition coefficient (Wildman–Crippen LogP) is 3.34. The SMILES string of the molecule is C[C@H](Nc1cc(-n2ccc3cc(C#N)cnc32)ncc1C(=O)NC[C@@H](F)C(C)(C)O)C1CC1. The minimum absolute atomic E-state index is 0.162. The number of carbonyl (C=O) groups is 1. The summed E-state index contributed by atoms with van der Waals surface area (Å²) in [6, 6.07) is 7.62. The van der Waals surface area contributed by atoms with Crippen LogP contribution in [0.2, 0.25) is 0 Å². The maximum Gasteiger partial charge on any atom is 0.255 e. The number of hydrogen-bond acceptors (Lipinski definition) is 6. The molecule has 4 rings (SSSR count). The minimum Gasteiger partial charge on any atom is -0.387 e. The maximum absolute atomic E-state index is 14.1. The number of hydrogen-bond donors (Lipinski definition) is 3. The summed E-state index contributed by atoms with van der Waals surface area (Å²) in [5, 5.41) is 25.7. The van der Waals surface area contributed by atoms with Crippen molar-refractivity contribution in [3.63, 3.8) is 0 Å². The summed E-state index contributed by atoms with van der Waals surface area (Å²) in [4.78, 5) is 21.7. The number of pyridine rings is 2. The molecule has 0 spiro atoms. The molecule has 0 aliphatic heterocycles. The number of nitrogens with one attached hydrogen (secondary N) is 2. The van der Waals surface area contributed by atoms with E-state index >= 15 is 0 Å². The van der Waals surface area contributed by atoms with Crippen molar-refractivity contribution < 1.29 is 14.3 Å². The number of aliphatic hydroxyl groups is 1. The standard InChI is InChI=1S/C24H27FN6O2/c1-14(16-4-5-16)30-19-9-21(31-7-6-17-8-15(10-26)11-28-22(17)31)27-12-18(19)23(32)29-13-20(25)24(2,3)33/h6-9,11-12,14,16,20,33H,4-5,13H2,1-3H3,(H,27,30)(H,29,32)/t14-,20+/m0/s1. The third kappa shape index (κ3) is 4.96. The molecular formula is C24H27FN6O2. The fraction of sp³-hybridized carbons (Fsp3) is 0.417. The average molecular weight is 451 g/mol. The molecule has 1 amide bonds. The highest BCUT2D eigenvalue weighted by molar-refractivity contribution is 5.99. The number of alkyl halides is 1. The molecule has 8 nitrogen and oxygen atoms in total. The van der Waals surface area contributed by atoms with E-state index in [9.17, 15) is 14.3 Å². The monoisotopic (exact) mass is 450 g/mol. The van der Waals surface area contributed by atoms with Crippen molar-refractivity contribution in [3.8, 4) is 11.9 Å². The Bertz CT molecular complexity index is 1220. The van der Waals surface area contributed by atoms with Crippen molar-refractivity contribution in [2.75, 3.05) is 11.9 Å². The Hall–Kier alpha value is -3.51. The molecule has 1 fully saturated rings. The molecule has 172 valence electrons. The van der Waals surface area contributed by atoms with Gasteiger partial charge in [-0.3, -0.25) is 9.36 Å². The first kappa shape index (κ1) is 22.7. The summed E-state index contributed by atoms with van der Waals surface area (Å²) in [6.45, 7) is 4.48. The van der Waals surface area contributed by atoms with Gasteiger partial charge in [0.15, 0.2) is 0 Å². The van der Waals surface area contributed by atoms with Crippen molar-refractivity contribution >= 4 is 22.6 Å². The summed E-state index contributed by atoms with van der Waals surface area (Å²) < 4.78 is 15.9. The Kier molecular flexibility index (Phi) is 6.04. The van der Waals surface area contributed by atoms with Crippen LogP contribution in [-0.4, -0.2) is 49.9 Å². The van der Waals surface area contributed by atoms with Crippen molar-refractivity contribution in [1.82, 2.24) is 19.9 Å². The van der Waals surface area contributed by atoms with Crippen LogP contribution in [0.5, 0.6) is 0 Å². The average Bonchev–Trinajstić information content (AvgIpc) is 3.55. The van der Waals surface area contributed by atoms with Crippen LogP contribution in [-0.2, 0) is 0 Å². The van der Waals surface area contributed by atoms with Crippen LogP contribution in [0.4, 0.5) is 10.1 Å². The zero-order valence-corrected chi connectivity index (χ0v) is 18.8. The van der Waals surface area contributed by atoms with Gasteiger partial charge in [-0.2, -0.15) is 5.26 Å². The highest BCUT2D eigenvalue weighted by atomic mass is 19.1. The Balaban J connectivity index is 1.65. The maximum atomic E-state index is 14.1. The van der Waals surface area contributed by atoms with Crippen LogP contribution in [0.3, 0.4) is 0 Å². The van der Waals surface area contributed by atoms with E-state index in [1.807, 2.05) is 12.3 Å². The van der Waals surface area contributed by atoms with Gasteiger partial charge in [-0.25, -0.2) is 14.4 Å². The molecule has 0 aromatic carbocycles. The Morgan fingerprint density at radius 1 is 1.36 bits per heavy atom. The summed E-state index contributed by atoms with van der Waals surface area (Å²) in [5.74, 6) is 0.631. The van der Waals surface area contributed by atoms with Gasteiger partial charge in [0.1, 0.15) is 23.7 Å². The lowest BCUT2D eigenvalue weighted by Gasteiger charge is -2.23. The van der Waals surface area contributed by atoms with Gasteiger partial charge in [-0.1, -0.05) is 0 Å². The fourth-order valence-corrected chi connectivity index (χ4v) is 3.63. The zero-order chi connectivity index (χ0) is 23.8. The second-order valence-electron chi connectivity index (χ2n) is 9.12. The summed E-state index contributed by atoms with van der Waals surface area (Å²) in [6.07, 6.45) is 5.44. The molecule has 3 aromatic heterocycles.